The van der Waals surface area contributed by atoms with Gasteiger partial charge in [0.05, 0.1) is 12.7 Å². The Morgan fingerprint density at radius 1 is 1.57 bits per heavy atom. The molecule has 0 aromatic carbocycles. The van der Waals surface area contributed by atoms with E-state index in [0.717, 1.165) is 0 Å². The van der Waals surface area contributed by atoms with E-state index in [2.05, 4.69) is 0 Å². The maximum Gasteiger partial charge on any atom is 0.171 e. The van der Waals surface area contributed by atoms with Crippen LogP contribution in [0.5, 0.6) is 0 Å². The second-order valence-electron chi connectivity index (χ2n) is 3.62. The van der Waals surface area contributed by atoms with Crippen molar-refractivity contribution in [3.8, 4) is 0 Å². The van der Waals surface area contributed by atoms with Crippen molar-refractivity contribution in [3.05, 3.63) is 24.2 Å². The molecular weight excluding hydrogens is 180 g/mol. The summed E-state index contributed by atoms with van der Waals surface area (Å²) in [5.74, 6) is 0.720. The Balaban J connectivity index is 2.57. The number of ether oxygens (including phenoxy) is 1. The van der Waals surface area contributed by atoms with Crippen molar-refractivity contribution < 1.29 is 13.9 Å². The quantitative estimate of drug-likeness (QED) is 0.724. The van der Waals surface area contributed by atoms with Gasteiger partial charge in [0.1, 0.15) is 11.4 Å². The second kappa shape index (κ2) is 4.42. The molecule has 0 spiro atoms. The van der Waals surface area contributed by atoms with E-state index in [0.29, 0.717) is 18.8 Å². The molecule has 1 rings (SSSR count). The Bertz CT molecular complexity index is 285. The fourth-order valence-corrected chi connectivity index (χ4v) is 1.23. The van der Waals surface area contributed by atoms with E-state index in [-0.39, 0.29) is 5.78 Å². The molecule has 14 heavy (non-hydrogen) atoms. The van der Waals surface area contributed by atoms with Crippen molar-refractivity contribution in [3.63, 3.8) is 0 Å². The summed E-state index contributed by atoms with van der Waals surface area (Å²) in [6, 6.07) is 3.57. The molecule has 78 valence electrons. The Morgan fingerprint density at radius 3 is 2.79 bits per heavy atom. The standard InChI is InChI=1S/C11H16O3/c1-4-14-11(2,3)10(12)8-9-6-5-7-13-9/h5-7H,4,8H2,1-3H3. The molecule has 0 saturated heterocycles. The molecule has 1 aromatic heterocycles. The largest absolute Gasteiger partial charge is 0.469 e. The topological polar surface area (TPSA) is 39.4 Å². The Hall–Kier alpha value is -1.09. The molecule has 0 aliphatic rings. The molecule has 3 nitrogen and oxygen atoms in total. The van der Waals surface area contributed by atoms with Gasteiger partial charge in [-0.15, -0.1) is 0 Å². The first kappa shape index (κ1) is 11.0. The fourth-order valence-electron chi connectivity index (χ4n) is 1.23. The SMILES string of the molecule is CCOC(C)(C)C(=O)Cc1ccco1. The lowest BCUT2D eigenvalue weighted by Crippen LogP contribution is -2.36. The van der Waals surface area contributed by atoms with Crippen LogP contribution in [0.15, 0.2) is 22.8 Å². The first-order valence-corrected chi connectivity index (χ1v) is 4.76. The van der Waals surface area contributed by atoms with Gasteiger partial charge in [-0.2, -0.15) is 0 Å². The summed E-state index contributed by atoms with van der Waals surface area (Å²) in [6.45, 7) is 5.97. The van der Waals surface area contributed by atoms with E-state index in [4.69, 9.17) is 9.15 Å². The zero-order chi connectivity index (χ0) is 10.6. The molecule has 1 heterocycles. The normalized spacial score (nSPS) is 11.6. The van der Waals surface area contributed by atoms with Crippen LogP contribution in [0.2, 0.25) is 0 Å². The zero-order valence-corrected chi connectivity index (χ0v) is 8.87. The summed E-state index contributed by atoms with van der Waals surface area (Å²) in [4.78, 5) is 11.7. The van der Waals surface area contributed by atoms with E-state index in [1.165, 1.54) is 0 Å². The third-order valence-corrected chi connectivity index (χ3v) is 2.09. The molecule has 0 aliphatic heterocycles. The van der Waals surface area contributed by atoms with Gasteiger partial charge < -0.3 is 9.15 Å². The first-order valence-electron chi connectivity index (χ1n) is 4.76. The van der Waals surface area contributed by atoms with Gasteiger partial charge >= 0.3 is 0 Å². The van der Waals surface area contributed by atoms with Gasteiger partial charge in [-0.05, 0) is 32.9 Å². The van der Waals surface area contributed by atoms with Crippen LogP contribution in [-0.4, -0.2) is 18.0 Å². The summed E-state index contributed by atoms with van der Waals surface area (Å²) < 4.78 is 10.4. The maximum absolute atomic E-state index is 11.7. The van der Waals surface area contributed by atoms with Gasteiger partial charge in [0.25, 0.3) is 0 Å². The zero-order valence-electron chi connectivity index (χ0n) is 8.87. The molecule has 0 N–H and O–H groups in total. The molecule has 0 aliphatic carbocycles. The highest BCUT2D eigenvalue weighted by atomic mass is 16.5. The van der Waals surface area contributed by atoms with Crippen molar-refractivity contribution in [1.29, 1.82) is 0 Å². The van der Waals surface area contributed by atoms with Gasteiger partial charge in [-0.1, -0.05) is 0 Å². The van der Waals surface area contributed by atoms with Crippen molar-refractivity contribution >= 4 is 5.78 Å². The summed E-state index contributed by atoms with van der Waals surface area (Å²) >= 11 is 0. The van der Waals surface area contributed by atoms with Crippen LogP contribution in [0.3, 0.4) is 0 Å². The lowest BCUT2D eigenvalue weighted by Gasteiger charge is -2.22. The minimum Gasteiger partial charge on any atom is -0.469 e. The summed E-state index contributed by atoms with van der Waals surface area (Å²) in [6.07, 6.45) is 1.86. The predicted octanol–water partition coefficient (Wildman–Crippen LogP) is 2.21. The van der Waals surface area contributed by atoms with Crippen LogP contribution in [0.1, 0.15) is 26.5 Å². The van der Waals surface area contributed by atoms with Crippen LogP contribution < -0.4 is 0 Å². The minimum atomic E-state index is -0.721. The minimum absolute atomic E-state index is 0.0364. The molecular formula is C11H16O3. The third kappa shape index (κ3) is 2.70. The van der Waals surface area contributed by atoms with Crippen molar-refractivity contribution in [2.75, 3.05) is 6.61 Å². The van der Waals surface area contributed by atoms with E-state index in [1.54, 1.807) is 32.2 Å². The van der Waals surface area contributed by atoms with Gasteiger partial charge in [-0.3, -0.25) is 4.79 Å². The summed E-state index contributed by atoms with van der Waals surface area (Å²) in [7, 11) is 0. The number of furan rings is 1. The molecule has 0 unspecified atom stereocenters. The molecule has 1 aromatic rings. The number of carbonyl (C=O) groups is 1. The number of rotatable bonds is 5. The highest BCUT2D eigenvalue weighted by Gasteiger charge is 2.28. The Morgan fingerprint density at radius 2 is 2.29 bits per heavy atom. The van der Waals surface area contributed by atoms with Gasteiger partial charge in [0, 0.05) is 6.61 Å². The molecule has 0 atom stereocenters. The monoisotopic (exact) mass is 196 g/mol. The number of hydrogen-bond acceptors (Lipinski definition) is 3. The summed E-state index contributed by atoms with van der Waals surface area (Å²) in [5.41, 5.74) is -0.721. The summed E-state index contributed by atoms with van der Waals surface area (Å²) in [5, 5.41) is 0. The van der Waals surface area contributed by atoms with Gasteiger partial charge in [0.2, 0.25) is 0 Å². The maximum atomic E-state index is 11.7. The van der Waals surface area contributed by atoms with Crippen molar-refractivity contribution in [1.82, 2.24) is 0 Å². The van der Waals surface area contributed by atoms with E-state index in [9.17, 15) is 4.79 Å². The second-order valence-corrected chi connectivity index (χ2v) is 3.62. The number of ketones is 1. The average Bonchev–Trinajstić information content (AvgIpc) is 2.56. The van der Waals surface area contributed by atoms with Crippen LogP contribution >= 0.6 is 0 Å². The van der Waals surface area contributed by atoms with Crippen LogP contribution in [0.25, 0.3) is 0 Å². The van der Waals surface area contributed by atoms with Crippen LogP contribution in [0, 0.1) is 0 Å². The Kier molecular flexibility index (Phi) is 3.47. The Labute approximate surface area is 84.1 Å². The molecule has 0 radical (unpaired) electrons. The third-order valence-electron chi connectivity index (χ3n) is 2.09. The number of hydrogen-bond donors (Lipinski definition) is 0. The first-order chi connectivity index (χ1) is 6.56. The number of carbonyl (C=O) groups excluding carboxylic acids is 1. The van der Waals surface area contributed by atoms with Crippen molar-refractivity contribution in [2.45, 2.75) is 32.8 Å². The fraction of sp³-hybridized carbons (Fsp3) is 0.545. The lowest BCUT2D eigenvalue weighted by atomic mass is 10.00. The molecule has 3 heteroatoms. The van der Waals surface area contributed by atoms with E-state index >= 15 is 0 Å². The highest BCUT2D eigenvalue weighted by Crippen LogP contribution is 2.14. The predicted molar refractivity (Wildman–Crippen MR) is 53.1 cm³/mol. The van der Waals surface area contributed by atoms with Crippen LogP contribution in [0.4, 0.5) is 0 Å². The van der Waals surface area contributed by atoms with Gasteiger partial charge in [-0.25, -0.2) is 0 Å². The molecule has 0 bridgehead atoms. The molecule has 0 fully saturated rings. The average molecular weight is 196 g/mol. The lowest BCUT2D eigenvalue weighted by molar-refractivity contribution is -0.139. The van der Waals surface area contributed by atoms with Gasteiger partial charge in [0.15, 0.2) is 5.78 Å². The number of Topliss-reactive ketones (excluding diaryl/α,β-unsaturated/α-hetero) is 1. The molecule has 0 saturated carbocycles. The van der Waals surface area contributed by atoms with E-state index < -0.39 is 5.60 Å². The van der Waals surface area contributed by atoms with Crippen LogP contribution in [-0.2, 0) is 16.0 Å². The van der Waals surface area contributed by atoms with E-state index in [1.807, 2.05) is 6.92 Å². The smallest absolute Gasteiger partial charge is 0.171 e. The van der Waals surface area contributed by atoms with Crippen molar-refractivity contribution in [2.24, 2.45) is 0 Å². The molecule has 0 amide bonds. The highest BCUT2D eigenvalue weighted by molar-refractivity contribution is 5.87.